The van der Waals surface area contributed by atoms with Crippen LogP contribution in [0.5, 0.6) is 0 Å². The molecule has 7 heteroatoms. The Morgan fingerprint density at radius 2 is 2.11 bits per heavy atom. The monoisotopic (exact) mass is 265 g/mol. The number of nitrogen functional groups attached to an aromatic ring is 1. The summed E-state index contributed by atoms with van der Waals surface area (Å²) in [6, 6.07) is 1.96. The van der Waals surface area contributed by atoms with E-state index >= 15 is 0 Å². The number of rotatable bonds is 3. The quantitative estimate of drug-likeness (QED) is 0.774. The molecule has 96 valence electrons. The molecular formula is C11H15N5OS. The Morgan fingerprint density at radius 1 is 1.44 bits per heavy atom. The summed E-state index contributed by atoms with van der Waals surface area (Å²) < 4.78 is 0. The van der Waals surface area contributed by atoms with Crippen molar-refractivity contribution >= 4 is 39.2 Å². The van der Waals surface area contributed by atoms with Crippen LogP contribution in [0.15, 0.2) is 6.07 Å². The molecule has 2 rings (SSSR count). The summed E-state index contributed by atoms with van der Waals surface area (Å²) in [5, 5.41) is 3.86. The molecule has 0 atom stereocenters. The van der Waals surface area contributed by atoms with E-state index in [4.69, 9.17) is 11.5 Å². The van der Waals surface area contributed by atoms with Crippen molar-refractivity contribution in [2.24, 2.45) is 5.73 Å². The summed E-state index contributed by atoms with van der Waals surface area (Å²) >= 11 is 1.53. The number of thiophene rings is 1. The predicted molar refractivity (Wildman–Crippen MR) is 73.5 cm³/mol. The maximum absolute atomic E-state index is 11.3. The zero-order chi connectivity index (χ0) is 13.5. The third-order valence-corrected chi connectivity index (χ3v) is 3.52. The van der Waals surface area contributed by atoms with E-state index in [0.29, 0.717) is 5.82 Å². The third kappa shape index (κ3) is 2.21. The minimum atomic E-state index is -0.899. The first-order chi connectivity index (χ1) is 8.29. The predicted octanol–water partition coefficient (Wildman–Crippen LogP) is 1.26. The zero-order valence-corrected chi connectivity index (χ0v) is 11.3. The zero-order valence-electron chi connectivity index (χ0n) is 10.4. The van der Waals surface area contributed by atoms with E-state index in [1.165, 1.54) is 11.3 Å². The molecule has 0 aromatic carbocycles. The number of carbonyl (C=O) groups is 1. The summed E-state index contributed by atoms with van der Waals surface area (Å²) in [5.74, 6) is 0.248. The molecule has 0 aliphatic rings. The van der Waals surface area contributed by atoms with Crippen molar-refractivity contribution in [2.45, 2.75) is 26.3 Å². The first-order valence-corrected chi connectivity index (χ1v) is 6.23. The highest BCUT2D eigenvalue weighted by molar-refractivity contribution is 7.18. The van der Waals surface area contributed by atoms with Crippen LogP contribution < -0.4 is 16.8 Å². The molecule has 1 amide bonds. The summed E-state index contributed by atoms with van der Waals surface area (Å²) in [4.78, 5) is 21.5. The van der Waals surface area contributed by atoms with Crippen LogP contribution in [0.4, 0.5) is 11.8 Å². The fraction of sp³-hybridized carbons (Fsp3) is 0.364. The number of hydrogen-bond donors (Lipinski definition) is 3. The fourth-order valence-electron chi connectivity index (χ4n) is 1.51. The molecule has 0 saturated carbocycles. The van der Waals surface area contributed by atoms with Crippen molar-refractivity contribution in [3.63, 3.8) is 0 Å². The number of hydrogen-bond acceptors (Lipinski definition) is 6. The van der Waals surface area contributed by atoms with Crippen LogP contribution in [-0.2, 0) is 4.79 Å². The van der Waals surface area contributed by atoms with E-state index in [1.54, 1.807) is 13.8 Å². The van der Waals surface area contributed by atoms with Crippen LogP contribution in [-0.4, -0.2) is 21.4 Å². The van der Waals surface area contributed by atoms with E-state index in [2.05, 4.69) is 15.3 Å². The molecule has 0 bridgehead atoms. The molecule has 0 fully saturated rings. The first-order valence-electron chi connectivity index (χ1n) is 5.41. The van der Waals surface area contributed by atoms with E-state index in [9.17, 15) is 4.79 Å². The van der Waals surface area contributed by atoms with Crippen LogP contribution in [0.1, 0.15) is 18.7 Å². The lowest BCUT2D eigenvalue weighted by Gasteiger charge is -2.23. The molecular weight excluding hydrogens is 250 g/mol. The second-order valence-corrected chi connectivity index (χ2v) is 5.86. The standard InChI is InChI=1S/C11H15N5OS/c1-5-4-6-7(16-11(2,3)9(12)17)14-10(13)15-8(6)18-5/h4H,1-3H3,(H2,12,17)(H3,13,14,15,16). The molecule has 2 aromatic heterocycles. The molecule has 0 unspecified atom stereocenters. The second kappa shape index (κ2) is 4.09. The molecule has 18 heavy (non-hydrogen) atoms. The summed E-state index contributed by atoms with van der Waals surface area (Å²) in [6.07, 6.45) is 0. The van der Waals surface area contributed by atoms with Gasteiger partial charge < -0.3 is 16.8 Å². The van der Waals surface area contributed by atoms with Gasteiger partial charge in [0.05, 0.1) is 5.39 Å². The van der Waals surface area contributed by atoms with Crippen LogP contribution in [0.2, 0.25) is 0 Å². The average Bonchev–Trinajstić information content (AvgIpc) is 2.57. The van der Waals surface area contributed by atoms with Gasteiger partial charge in [-0.05, 0) is 26.8 Å². The Labute approximate surface area is 108 Å². The van der Waals surface area contributed by atoms with Crippen molar-refractivity contribution in [3.8, 4) is 0 Å². The lowest BCUT2D eigenvalue weighted by molar-refractivity contribution is -0.121. The summed E-state index contributed by atoms with van der Waals surface area (Å²) in [7, 11) is 0. The maximum atomic E-state index is 11.3. The van der Waals surface area contributed by atoms with Gasteiger partial charge in [0.2, 0.25) is 11.9 Å². The number of carbonyl (C=O) groups excluding carboxylic acids is 1. The normalized spacial score (nSPS) is 11.7. The molecule has 0 radical (unpaired) electrons. The topological polar surface area (TPSA) is 107 Å². The minimum absolute atomic E-state index is 0.173. The molecule has 2 aromatic rings. The van der Waals surface area contributed by atoms with Gasteiger partial charge in [-0.3, -0.25) is 4.79 Å². The van der Waals surface area contributed by atoms with Gasteiger partial charge in [-0.25, -0.2) is 4.98 Å². The highest BCUT2D eigenvalue weighted by Gasteiger charge is 2.26. The first kappa shape index (κ1) is 12.6. The van der Waals surface area contributed by atoms with E-state index in [-0.39, 0.29) is 5.95 Å². The number of fused-ring (bicyclic) bond motifs is 1. The van der Waals surface area contributed by atoms with Gasteiger partial charge in [0, 0.05) is 4.88 Å². The SMILES string of the molecule is Cc1cc2c(NC(C)(C)C(N)=O)nc(N)nc2s1. The fourth-order valence-corrected chi connectivity index (χ4v) is 2.40. The van der Waals surface area contributed by atoms with E-state index in [1.807, 2.05) is 13.0 Å². The lowest BCUT2D eigenvalue weighted by Crippen LogP contribution is -2.45. The Balaban J connectivity index is 2.53. The summed E-state index contributed by atoms with van der Waals surface area (Å²) in [6.45, 7) is 5.36. The lowest BCUT2D eigenvalue weighted by atomic mass is 10.1. The Bertz CT molecular complexity index is 619. The molecule has 2 heterocycles. The van der Waals surface area contributed by atoms with Crippen LogP contribution in [0.3, 0.4) is 0 Å². The highest BCUT2D eigenvalue weighted by Crippen LogP contribution is 2.30. The number of aryl methyl sites for hydroxylation is 1. The van der Waals surface area contributed by atoms with Gasteiger partial charge in [-0.15, -0.1) is 11.3 Å². The Hall–Kier alpha value is -1.89. The number of anilines is 2. The second-order valence-electron chi connectivity index (χ2n) is 4.62. The Kier molecular flexibility index (Phi) is 2.86. The van der Waals surface area contributed by atoms with Crippen molar-refractivity contribution in [2.75, 3.05) is 11.1 Å². The van der Waals surface area contributed by atoms with Crippen LogP contribution >= 0.6 is 11.3 Å². The number of nitrogens with one attached hydrogen (secondary N) is 1. The number of aromatic nitrogens is 2. The number of nitrogens with zero attached hydrogens (tertiary/aromatic N) is 2. The smallest absolute Gasteiger partial charge is 0.242 e. The van der Waals surface area contributed by atoms with E-state index in [0.717, 1.165) is 15.1 Å². The molecule has 5 N–H and O–H groups in total. The molecule has 0 saturated heterocycles. The van der Waals surface area contributed by atoms with E-state index < -0.39 is 11.4 Å². The van der Waals surface area contributed by atoms with Gasteiger partial charge in [0.1, 0.15) is 16.2 Å². The molecule has 0 spiro atoms. The van der Waals surface area contributed by atoms with Gasteiger partial charge >= 0.3 is 0 Å². The third-order valence-electron chi connectivity index (χ3n) is 2.58. The van der Waals surface area contributed by atoms with Crippen molar-refractivity contribution in [3.05, 3.63) is 10.9 Å². The largest absolute Gasteiger partial charge is 0.368 e. The van der Waals surface area contributed by atoms with Crippen molar-refractivity contribution < 1.29 is 4.79 Å². The van der Waals surface area contributed by atoms with Crippen molar-refractivity contribution in [1.29, 1.82) is 0 Å². The van der Waals surface area contributed by atoms with Gasteiger partial charge in [0.25, 0.3) is 0 Å². The molecule has 6 nitrogen and oxygen atoms in total. The van der Waals surface area contributed by atoms with Gasteiger partial charge in [-0.1, -0.05) is 0 Å². The number of amides is 1. The van der Waals surface area contributed by atoms with Crippen LogP contribution in [0, 0.1) is 6.92 Å². The average molecular weight is 265 g/mol. The molecule has 0 aliphatic carbocycles. The number of primary amides is 1. The van der Waals surface area contributed by atoms with Gasteiger partial charge in [-0.2, -0.15) is 4.98 Å². The molecule has 0 aliphatic heterocycles. The van der Waals surface area contributed by atoms with Gasteiger partial charge in [0.15, 0.2) is 0 Å². The maximum Gasteiger partial charge on any atom is 0.242 e. The van der Waals surface area contributed by atoms with Crippen LogP contribution in [0.25, 0.3) is 10.2 Å². The van der Waals surface area contributed by atoms with Crippen molar-refractivity contribution in [1.82, 2.24) is 9.97 Å². The number of nitrogens with two attached hydrogens (primary N) is 2. The minimum Gasteiger partial charge on any atom is -0.368 e. The summed E-state index contributed by atoms with van der Waals surface area (Å²) in [5.41, 5.74) is 10.1. The Morgan fingerprint density at radius 3 is 2.72 bits per heavy atom. The highest BCUT2D eigenvalue weighted by atomic mass is 32.1.